The van der Waals surface area contributed by atoms with Gasteiger partial charge in [-0.3, -0.25) is 4.55 Å². The van der Waals surface area contributed by atoms with Gasteiger partial charge in [-0.25, -0.2) is 0 Å². The molecule has 0 bridgehead atoms. The summed E-state index contributed by atoms with van der Waals surface area (Å²) in [7, 11) is -4.17. The van der Waals surface area contributed by atoms with Gasteiger partial charge in [0.05, 0.1) is 11.2 Å². The van der Waals surface area contributed by atoms with Crippen LogP contribution in [0.25, 0.3) is 21.5 Å². The number of rotatable bonds is 8. The molecule has 0 fully saturated rings. The summed E-state index contributed by atoms with van der Waals surface area (Å²) in [4.78, 5) is 2.05. The molecule has 0 saturated carbocycles. The third-order valence-electron chi connectivity index (χ3n) is 11.0. The van der Waals surface area contributed by atoms with Crippen LogP contribution in [0, 0.1) is 0 Å². The molecule has 9 heteroatoms. The van der Waals surface area contributed by atoms with Crippen molar-refractivity contribution in [3.63, 3.8) is 0 Å². The van der Waals surface area contributed by atoms with Gasteiger partial charge in [-0.05, 0) is 114 Å². The van der Waals surface area contributed by atoms with E-state index in [0.717, 1.165) is 85.1 Å². The van der Waals surface area contributed by atoms with Crippen molar-refractivity contribution in [2.75, 3.05) is 23.7 Å². The molecule has 0 spiro atoms. The second kappa shape index (κ2) is 14.0. The Bertz CT molecular complexity index is 2420. The molecular weight excluding hydrogens is 820 g/mol. The van der Waals surface area contributed by atoms with Gasteiger partial charge in [0.25, 0.3) is 10.1 Å². The lowest BCUT2D eigenvalue weighted by molar-refractivity contribution is -0.437. The van der Waals surface area contributed by atoms with Gasteiger partial charge in [0.15, 0.2) is 5.71 Å². The maximum Gasteiger partial charge on any atom is 0.266 e. The lowest BCUT2D eigenvalue weighted by Crippen LogP contribution is -2.30. The molecule has 4 aromatic carbocycles. The van der Waals surface area contributed by atoms with Gasteiger partial charge in [-0.1, -0.05) is 94.6 Å². The Hall–Kier alpha value is -3.01. The van der Waals surface area contributed by atoms with Crippen LogP contribution >= 0.6 is 43.5 Å². The number of anilines is 1. The lowest BCUT2D eigenvalue weighted by atomic mass is 9.78. The zero-order valence-corrected chi connectivity index (χ0v) is 35.0. The van der Waals surface area contributed by atoms with Gasteiger partial charge in [0.2, 0.25) is 5.69 Å². The number of allylic oxidation sites excluding steroid dienone is 8. The van der Waals surface area contributed by atoms with E-state index in [1.165, 1.54) is 27.7 Å². The van der Waals surface area contributed by atoms with E-state index in [1.807, 2.05) is 11.0 Å². The minimum Gasteiger partial charge on any atom is -0.343 e. The fraction of sp³-hybridized carbons (Fsp3) is 0.326. The molecule has 0 atom stereocenters. The molecule has 0 radical (unpaired) electrons. The molecule has 7 rings (SSSR count). The van der Waals surface area contributed by atoms with Crippen molar-refractivity contribution in [2.24, 2.45) is 0 Å². The van der Waals surface area contributed by atoms with Crippen molar-refractivity contribution in [3.05, 3.63) is 127 Å². The molecule has 0 amide bonds. The quantitative estimate of drug-likeness (QED) is 0.142. The van der Waals surface area contributed by atoms with E-state index in [9.17, 15) is 13.0 Å². The van der Waals surface area contributed by atoms with Crippen LogP contribution in [0.5, 0.6) is 0 Å². The summed E-state index contributed by atoms with van der Waals surface area (Å²) in [6.07, 6.45) is 12.5. The third kappa shape index (κ3) is 6.68. The van der Waals surface area contributed by atoms with Gasteiger partial charge < -0.3 is 4.90 Å². The Morgan fingerprint density at radius 1 is 0.865 bits per heavy atom. The molecule has 1 N–H and O–H groups in total. The molecule has 0 unspecified atom stereocenters. The number of hydrogen-bond acceptors (Lipinski definition) is 3. The smallest absolute Gasteiger partial charge is 0.266 e. The number of nitrogens with zero attached hydrogens (tertiary/aromatic N) is 2. The second-order valence-electron chi connectivity index (χ2n) is 15.1. The molecule has 0 aromatic heterocycles. The molecule has 5 nitrogen and oxygen atoms in total. The predicted molar refractivity (Wildman–Crippen MR) is 225 cm³/mol. The second-order valence-corrected chi connectivity index (χ2v) is 18.9. The Morgan fingerprint density at radius 2 is 1.52 bits per heavy atom. The van der Waals surface area contributed by atoms with Gasteiger partial charge in [0, 0.05) is 61.4 Å². The average Bonchev–Trinajstić information content (AvgIpc) is 3.44. The summed E-state index contributed by atoms with van der Waals surface area (Å²) in [5.41, 5.74) is 8.52. The first-order valence-corrected chi connectivity index (χ1v) is 21.5. The van der Waals surface area contributed by atoms with E-state index in [0.29, 0.717) is 0 Å². The minimum absolute atomic E-state index is 0.140. The normalized spacial score (nSPS) is 20.0. The topological polar surface area (TPSA) is 60.6 Å². The number of benzene rings is 4. The Morgan fingerprint density at radius 3 is 2.17 bits per heavy atom. The maximum atomic E-state index is 11.9. The first-order chi connectivity index (χ1) is 24.6. The highest BCUT2D eigenvalue weighted by Crippen LogP contribution is 2.51. The molecule has 2 heterocycles. The zero-order chi connectivity index (χ0) is 37.2. The van der Waals surface area contributed by atoms with E-state index in [4.69, 9.17) is 11.6 Å². The Labute approximate surface area is 329 Å². The van der Waals surface area contributed by atoms with Crippen LogP contribution in [0.2, 0.25) is 0 Å². The van der Waals surface area contributed by atoms with E-state index in [1.54, 1.807) is 0 Å². The highest BCUT2D eigenvalue weighted by Gasteiger charge is 2.45. The number of halogens is 3. The average molecular weight is 864 g/mol. The molecule has 270 valence electrons. The molecule has 1 aliphatic carbocycles. The summed E-state index contributed by atoms with van der Waals surface area (Å²) < 4.78 is 38.2. The molecule has 2 aliphatic heterocycles. The van der Waals surface area contributed by atoms with Crippen molar-refractivity contribution < 1.29 is 17.5 Å². The summed E-state index contributed by atoms with van der Waals surface area (Å²) >= 11 is 14.5. The summed E-state index contributed by atoms with van der Waals surface area (Å²) in [5, 5.41) is 5.52. The van der Waals surface area contributed by atoms with E-state index >= 15 is 0 Å². The zero-order valence-electron chi connectivity index (χ0n) is 30.2. The molecule has 52 heavy (non-hydrogen) atoms. The fourth-order valence-electron chi connectivity index (χ4n) is 8.61. The highest BCUT2D eigenvalue weighted by molar-refractivity contribution is 9.10. The van der Waals surface area contributed by atoms with Crippen molar-refractivity contribution >= 4 is 92.2 Å². The molecular formula is C43H44Br2ClN2O3S+. The largest absolute Gasteiger partial charge is 0.343 e. The van der Waals surface area contributed by atoms with E-state index in [-0.39, 0.29) is 17.7 Å². The first-order valence-electron chi connectivity index (χ1n) is 17.9. The van der Waals surface area contributed by atoms with Crippen molar-refractivity contribution in [2.45, 2.75) is 71.1 Å². The van der Waals surface area contributed by atoms with E-state index in [2.05, 4.69) is 150 Å². The summed E-state index contributed by atoms with van der Waals surface area (Å²) in [5.74, 6) is -0.369. The highest BCUT2D eigenvalue weighted by atomic mass is 79.9. The predicted octanol–water partition coefficient (Wildman–Crippen LogP) is 12.0. The first kappa shape index (κ1) is 37.3. The standard InChI is InChI=1S/C43H43Br2ClN2O3S/c1-6-22-47-35-18-10-29-25-31(44)14-16-33(29)39(35)42(2,3)37(47)20-12-27-8-7-9-28(41(27)46)13-21-38-43(4,5)40-34-17-15-32(45)26-30(34)11-19-36(40)48(38)23-24-52(49,50)51/h10-21,25-26H,6-9,22-24H2,1-5H3/p+1. The van der Waals surface area contributed by atoms with Crippen molar-refractivity contribution in [3.8, 4) is 0 Å². The summed E-state index contributed by atoms with van der Waals surface area (Å²) in [6.45, 7) is 12.3. The number of hydrogen-bond donors (Lipinski definition) is 1. The van der Waals surface area contributed by atoms with Crippen LogP contribution in [0.3, 0.4) is 0 Å². The molecule has 0 saturated heterocycles. The van der Waals surface area contributed by atoms with Gasteiger partial charge in [0.1, 0.15) is 6.54 Å². The molecule has 4 aromatic rings. The van der Waals surface area contributed by atoms with Gasteiger partial charge in [-0.2, -0.15) is 13.0 Å². The van der Waals surface area contributed by atoms with Crippen LogP contribution < -0.4 is 4.90 Å². The van der Waals surface area contributed by atoms with Gasteiger partial charge >= 0.3 is 0 Å². The fourth-order valence-corrected chi connectivity index (χ4v) is 10.1. The van der Waals surface area contributed by atoms with Crippen LogP contribution in [0.1, 0.15) is 71.4 Å². The minimum atomic E-state index is -4.17. The maximum absolute atomic E-state index is 11.9. The molecule has 3 aliphatic rings. The third-order valence-corrected chi connectivity index (χ3v) is 13.1. The van der Waals surface area contributed by atoms with Crippen LogP contribution in [0.15, 0.2) is 116 Å². The Balaban J connectivity index is 1.27. The lowest BCUT2D eigenvalue weighted by Gasteiger charge is -2.27. The number of fused-ring (bicyclic) bond motifs is 6. The van der Waals surface area contributed by atoms with Gasteiger partial charge in [-0.15, -0.1) is 0 Å². The Kier molecular flexibility index (Phi) is 10.0. The SMILES string of the molecule is CCC[N+]1=C(C=CC2=C(Cl)C(=CC=C3N(CCS(=O)(=O)O)c4ccc5cc(Br)ccc5c4C3(C)C)CCC2)C(C)(C)c2c1ccc1cc(Br)ccc21. The van der Waals surface area contributed by atoms with Crippen molar-refractivity contribution in [1.82, 2.24) is 0 Å². The summed E-state index contributed by atoms with van der Waals surface area (Å²) in [6, 6.07) is 21.5. The van der Waals surface area contributed by atoms with Crippen LogP contribution in [-0.4, -0.2) is 42.1 Å². The van der Waals surface area contributed by atoms with Crippen molar-refractivity contribution in [1.29, 1.82) is 0 Å². The van der Waals surface area contributed by atoms with Crippen LogP contribution in [-0.2, 0) is 20.9 Å². The van der Waals surface area contributed by atoms with Crippen LogP contribution in [0.4, 0.5) is 11.4 Å². The monoisotopic (exact) mass is 861 g/mol. The van der Waals surface area contributed by atoms with E-state index < -0.39 is 15.5 Å².